The van der Waals surface area contributed by atoms with Gasteiger partial charge in [0, 0.05) is 17.6 Å². The second kappa shape index (κ2) is 6.39. The average molecular weight is 287 g/mol. The molecular weight excluding hydrogens is 266 g/mol. The molecule has 2 aromatic rings. The molecule has 0 amide bonds. The molecule has 6 nitrogen and oxygen atoms in total. The maximum absolute atomic E-state index is 5.32. The van der Waals surface area contributed by atoms with Gasteiger partial charge < -0.3 is 15.4 Å². The average Bonchev–Trinajstić information content (AvgIpc) is 2.44. The highest BCUT2D eigenvalue weighted by molar-refractivity contribution is 5.41. The highest BCUT2D eigenvalue weighted by Gasteiger charge is 2.12. The van der Waals surface area contributed by atoms with Gasteiger partial charge >= 0.3 is 0 Å². The van der Waals surface area contributed by atoms with Crippen LogP contribution in [0.25, 0.3) is 0 Å². The summed E-state index contributed by atoms with van der Waals surface area (Å²) in [6.07, 6.45) is 1.60. The molecule has 0 saturated carbocycles. The SMILES string of the molecule is COc1ccccc1CNc1cnnc(NC(C)(C)C)n1. The summed E-state index contributed by atoms with van der Waals surface area (Å²) in [6.45, 7) is 6.75. The van der Waals surface area contributed by atoms with Crippen molar-refractivity contribution in [1.29, 1.82) is 0 Å². The molecule has 0 aliphatic heterocycles. The van der Waals surface area contributed by atoms with Crippen LogP contribution in [0.5, 0.6) is 5.75 Å². The number of anilines is 2. The predicted octanol–water partition coefficient (Wildman–Crippen LogP) is 2.70. The van der Waals surface area contributed by atoms with Crippen LogP contribution < -0.4 is 15.4 Å². The molecule has 21 heavy (non-hydrogen) atoms. The second-order valence-electron chi connectivity index (χ2n) is 5.71. The van der Waals surface area contributed by atoms with E-state index in [0.717, 1.165) is 11.3 Å². The first-order chi connectivity index (χ1) is 9.98. The smallest absolute Gasteiger partial charge is 0.245 e. The van der Waals surface area contributed by atoms with E-state index in [4.69, 9.17) is 4.74 Å². The third kappa shape index (κ3) is 4.59. The van der Waals surface area contributed by atoms with E-state index in [1.165, 1.54) is 0 Å². The van der Waals surface area contributed by atoms with Gasteiger partial charge in [0.25, 0.3) is 0 Å². The van der Waals surface area contributed by atoms with Gasteiger partial charge in [-0.2, -0.15) is 10.1 Å². The van der Waals surface area contributed by atoms with Gasteiger partial charge in [0.15, 0.2) is 5.82 Å². The maximum atomic E-state index is 5.32. The third-order valence-electron chi connectivity index (χ3n) is 2.70. The summed E-state index contributed by atoms with van der Waals surface area (Å²) in [5, 5.41) is 14.4. The summed E-state index contributed by atoms with van der Waals surface area (Å²) < 4.78 is 5.32. The van der Waals surface area contributed by atoms with Gasteiger partial charge in [-0.3, -0.25) is 0 Å². The number of rotatable bonds is 5. The van der Waals surface area contributed by atoms with Gasteiger partial charge in [-0.15, -0.1) is 5.10 Å². The molecule has 1 aromatic heterocycles. The zero-order chi connectivity index (χ0) is 15.3. The van der Waals surface area contributed by atoms with E-state index in [0.29, 0.717) is 18.3 Å². The number of benzene rings is 1. The molecule has 6 heteroatoms. The lowest BCUT2D eigenvalue weighted by Gasteiger charge is -2.20. The van der Waals surface area contributed by atoms with E-state index in [1.807, 2.05) is 45.0 Å². The summed E-state index contributed by atoms with van der Waals surface area (Å²) in [5.41, 5.74) is 0.951. The van der Waals surface area contributed by atoms with Crippen LogP contribution in [0.1, 0.15) is 26.3 Å². The Kier molecular flexibility index (Phi) is 4.57. The topological polar surface area (TPSA) is 72.0 Å². The highest BCUT2D eigenvalue weighted by atomic mass is 16.5. The van der Waals surface area contributed by atoms with Crippen molar-refractivity contribution in [2.45, 2.75) is 32.9 Å². The minimum atomic E-state index is -0.108. The Morgan fingerprint density at radius 1 is 1.19 bits per heavy atom. The van der Waals surface area contributed by atoms with Crippen LogP contribution in [0, 0.1) is 0 Å². The Bertz CT molecular complexity index is 595. The monoisotopic (exact) mass is 287 g/mol. The molecule has 0 aliphatic carbocycles. The first-order valence-corrected chi connectivity index (χ1v) is 6.81. The zero-order valence-corrected chi connectivity index (χ0v) is 12.8. The number of hydrogen-bond donors (Lipinski definition) is 2. The van der Waals surface area contributed by atoms with Crippen LogP contribution in [-0.2, 0) is 6.54 Å². The molecule has 1 aromatic carbocycles. The van der Waals surface area contributed by atoms with Crippen molar-refractivity contribution >= 4 is 11.8 Å². The van der Waals surface area contributed by atoms with Crippen LogP contribution in [0.3, 0.4) is 0 Å². The third-order valence-corrected chi connectivity index (χ3v) is 2.70. The Balaban J connectivity index is 2.05. The summed E-state index contributed by atoms with van der Waals surface area (Å²) in [6, 6.07) is 7.86. The van der Waals surface area contributed by atoms with Crippen molar-refractivity contribution in [3.05, 3.63) is 36.0 Å². The first kappa shape index (κ1) is 15.0. The minimum Gasteiger partial charge on any atom is -0.496 e. The van der Waals surface area contributed by atoms with E-state index in [-0.39, 0.29) is 5.54 Å². The zero-order valence-electron chi connectivity index (χ0n) is 12.8. The minimum absolute atomic E-state index is 0.108. The molecule has 0 aliphatic rings. The van der Waals surface area contributed by atoms with Crippen LogP contribution in [0.15, 0.2) is 30.5 Å². The highest BCUT2D eigenvalue weighted by Crippen LogP contribution is 2.18. The summed E-state index contributed by atoms with van der Waals surface area (Å²) in [7, 11) is 1.66. The van der Waals surface area contributed by atoms with Gasteiger partial charge in [-0.05, 0) is 26.8 Å². The Hall–Kier alpha value is -2.37. The molecule has 0 atom stereocenters. The Morgan fingerprint density at radius 2 is 1.95 bits per heavy atom. The van der Waals surface area contributed by atoms with Crippen molar-refractivity contribution < 1.29 is 4.74 Å². The summed E-state index contributed by atoms with van der Waals surface area (Å²) in [4.78, 5) is 4.39. The maximum Gasteiger partial charge on any atom is 0.245 e. The summed E-state index contributed by atoms with van der Waals surface area (Å²) >= 11 is 0. The lowest BCUT2D eigenvalue weighted by molar-refractivity contribution is 0.410. The van der Waals surface area contributed by atoms with Crippen LogP contribution in [0.2, 0.25) is 0 Å². The molecule has 1 heterocycles. The first-order valence-electron chi connectivity index (χ1n) is 6.81. The number of hydrogen-bond acceptors (Lipinski definition) is 6. The standard InChI is InChI=1S/C15H21N5O/c1-15(2,3)19-14-18-13(10-17-20-14)16-9-11-7-5-6-8-12(11)21-4/h5-8,10H,9H2,1-4H3,(H2,16,18,19,20). The Morgan fingerprint density at radius 3 is 2.67 bits per heavy atom. The van der Waals surface area contributed by atoms with Gasteiger partial charge in [0.05, 0.1) is 13.3 Å². The van der Waals surface area contributed by atoms with Crippen molar-refractivity contribution in [2.75, 3.05) is 17.7 Å². The van der Waals surface area contributed by atoms with E-state index in [2.05, 4.69) is 25.8 Å². The van der Waals surface area contributed by atoms with Crippen molar-refractivity contribution in [2.24, 2.45) is 0 Å². The fourth-order valence-electron chi connectivity index (χ4n) is 1.81. The normalized spacial score (nSPS) is 11.0. The van der Waals surface area contributed by atoms with E-state index < -0.39 is 0 Å². The quantitative estimate of drug-likeness (QED) is 0.881. The van der Waals surface area contributed by atoms with Crippen molar-refractivity contribution in [1.82, 2.24) is 15.2 Å². The number of para-hydroxylation sites is 1. The second-order valence-corrected chi connectivity index (χ2v) is 5.71. The molecular formula is C15H21N5O. The number of nitrogens with zero attached hydrogens (tertiary/aromatic N) is 3. The lowest BCUT2D eigenvalue weighted by Crippen LogP contribution is -2.27. The number of aromatic nitrogens is 3. The molecule has 0 bridgehead atoms. The van der Waals surface area contributed by atoms with Gasteiger partial charge in [0.2, 0.25) is 5.95 Å². The Labute approximate surface area is 125 Å². The van der Waals surface area contributed by atoms with E-state index >= 15 is 0 Å². The van der Waals surface area contributed by atoms with Gasteiger partial charge in [0.1, 0.15) is 5.75 Å². The molecule has 0 fully saturated rings. The number of nitrogens with one attached hydrogen (secondary N) is 2. The molecule has 0 radical (unpaired) electrons. The molecule has 0 saturated heterocycles. The van der Waals surface area contributed by atoms with E-state index in [9.17, 15) is 0 Å². The van der Waals surface area contributed by atoms with Crippen LogP contribution in [-0.4, -0.2) is 27.8 Å². The molecule has 112 valence electrons. The number of ether oxygens (including phenoxy) is 1. The fraction of sp³-hybridized carbons (Fsp3) is 0.400. The number of methoxy groups -OCH3 is 1. The van der Waals surface area contributed by atoms with Crippen molar-refractivity contribution in [3.63, 3.8) is 0 Å². The van der Waals surface area contributed by atoms with Crippen LogP contribution >= 0.6 is 0 Å². The predicted molar refractivity (Wildman–Crippen MR) is 83.5 cm³/mol. The molecule has 2 rings (SSSR count). The molecule has 0 spiro atoms. The summed E-state index contributed by atoms with van der Waals surface area (Å²) in [5.74, 6) is 2.02. The molecule has 0 unspecified atom stereocenters. The fourth-order valence-corrected chi connectivity index (χ4v) is 1.81. The molecule has 2 N–H and O–H groups in total. The van der Waals surface area contributed by atoms with Crippen LogP contribution in [0.4, 0.5) is 11.8 Å². The van der Waals surface area contributed by atoms with E-state index in [1.54, 1.807) is 13.3 Å². The largest absolute Gasteiger partial charge is 0.496 e. The lowest BCUT2D eigenvalue weighted by atomic mass is 10.1. The van der Waals surface area contributed by atoms with Gasteiger partial charge in [-0.25, -0.2) is 0 Å². The van der Waals surface area contributed by atoms with Gasteiger partial charge in [-0.1, -0.05) is 18.2 Å². The van der Waals surface area contributed by atoms with Crippen molar-refractivity contribution in [3.8, 4) is 5.75 Å².